The van der Waals surface area contributed by atoms with Gasteiger partial charge in [0.15, 0.2) is 34.9 Å². The minimum absolute atomic E-state index is 0.619. The largest absolute Gasteiger partial charge is 0.253 e. The lowest BCUT2D eigenvalue weighted by Crippen LogP contribution is -2.00. The van der Waals surface area contributed by atoms with Crippen molar-refractivity contribution >= 4 is 113 Å². The molecule has 0 N–H and O–H groups in total. The molecule has 0 aliphatic carbocycles. The van der Waals surface area contributed by atoms with Crippen LogP contribution in [0.15, 0.2) is 442 Å². The van der Waals surface area contributed by atoms with Gasteiger partial charge in [0.1, 0.15) is 37.2 Å². The van der Waals surface area contributed by atoms with E-state index in [-0.39, 0.29) is 0 Å². The molecule has 0 fully saturated rings. The van der Waals surface area contributed by atoms with Gasteiger partial charge in [0.2, 0.25) is 0 Å². The highest BCUT2D eigenvalue weighted by Crippen LogP contribution is 2.41. The highest BCUT2D eigenvalue weighted by molar-refractivity contribution is 9.10. The zero-order valence-corrected chi connectivity index (χ0v) is 74.5. The van der Waals surface area contributed by atoms with E-state index in [1.807, 2.05) is 79.0 Å². The van der Waals surface area contributed by atoms with Crippen molar-refractivity contribution in [2.75, 3.05) is 0 Å². The molecule has 0 unspecified atom stereocenters. The standard InChI is InChI=1S/C58H36N6S.C45H30BrN3.C13H6ClN3S/c1-3-10-37(11-4-1)39-23-29-44(30-24-39)55-62-56(45-31-25-40(26-32-45)38-12-5-2-6-13-38)64-57(63-55)46-33-27-42(28-34-46)41-19-21-43(22-20-41)47-14-7-15-48(36-47)49-16-8-17-50-52(49)61-58-54(60-50)53-51(65-58)18-9-35-59-53;46-42-13-7-12-41(30-42)37-16-14-35(15-17-37)36-22-28-40(29-23-36)45-48-43(38-24-18-33(19-25-38)31-8-3-1-4-9-31)47-44(49-45)39-26-20-34(21-27-39)32-10-5-2-6-11-32;14-7-3-1-4-8-10(7)17-13-12(16-8)11-9(18-13)5-2-6-15-11/h1-36H;1-30H;1-6H. The number of fused-ring (bicyclic) bond motifs is 8. The van der Waals surface area contributed by atoms with Crippen LogP contribution in [0.3, 0.4) is 0 Å². The highest BCUT2D eigenvalue weighted by atomic mass is 79.9. The van der Waals surface area contributed by atoms with Crippen LogP contribution in [0.5, 0.6) is 0 Å². The second kappa shape index (κ2) is 36.5. The van der Waals surface area contributed by atoms with Gasteiger partial charge in [-0.1, -0.05) is 392 Å². The van der Waals surface area contributed by atoms with Crippen LogP contribution in [0.2, 0.25) is 5.02 Å². The monoisotopic (exact) mass is 1810 g/mol. The van der Waals surface area contributed by atoms with E-state index >= 15 is 0 Å². The van der Waals surface area contributed by atoms with Crippen molar-refractivity contribution in [2.24, 2.45) is 0 Å². The Morgan fingerprint density at radius 2 is 0.439 bits per heavy atom. The Bertz CT molecular complexity index is 8130. The quantitative estimate of drug-likeness (QED) is 0.0959. The summed E-state index contributed by atoms with van der Waals surface area (Å²) >= 11 is 12.9. The summed E-state index contributed by atoms with van der Waals surface area (Å²) in [5, 5.41) is 0.632. The van der Waals surface area contributed by atoms with Crippen molar-refractivity contribution in [3.63, 3.8) is 0 Å². The Kier molecular flexibility index (Phi) is 22.5. The Balaban J connectivity index is 0.000000133. The summed E-state index contributed by atoms with van der Waals surface area (Å²) in [6, 6.07) is 146. The zero-order chi connectivity index (χ0) is 88.2. The highest BCUT2D eigenvalue weighted by Gasteiger charge is 2.20. The maximum absolute atomic E-state index is 6.14. The summed E-state index contributed by atoms with van der Waals surface area (Å²) in [5.41, 5.74) is 32.9. The molecule has 0 saturated heterocycles. The average molecular weight is 1810 g/mol. The summed E-state index contributed by atoms with van der Waals surface area (Å²) in [4.78, 5) is 60.2. The Morgan fingerprint density at radius 3 is 0.773 bits per heavy atom. The molecule has 0 amide bonds. The summed E-state index contributed by atoms with van der Waals surface area (Å²) in [6.07, 6.45) is 3.59. The molecule has 12 nitrogen and oxygen atoms in total. The lowest BCUT2D eigenvalue weighted by atomic mass is 9.96. The summed E-state index contributed by atoms with van der Waals surface area (Å²) < 4.78 is 3.26. The molecule has 0 aliphatic rings. The van der Waals surface area contributed by atoms with Crippen molar-refractivity contribution in [2.45, 2.75) is 0 Å². The van der Waals surface area contributed by atoms with Gasteiger partial charge in [-0.05, 0) is 155 Å². The van der Waals surface area contributed by atoms with Crippen LogP contribution in [0.25, 0.3) is 232 Å². The maximum Gasteiger partial charge on any atom is 0.164 e. The minimum Gasteiger partial charge on any atom is -0.253 e. The van der Waals surface area contributed by atoms with Crippen LogP contribution in [-0.4, -0.2) is 59.8 Å². The van der Waals surface area contributed by atoms with Gasteiger partial charge in [-0.3, -0.25) is 9.97 Å². The normalized spacial score (nSPS) is 11.3. The summed E-state index contributed by atoms with van der Waals surface area (Å²) in [6.45, 7) is 0. The number of rotatable bonds is 15. The number of nitrogens with zero attached hydrogens (tertiary/aromatic N) is 12. The van der Waals surface area contributed by atoms with Gasteiger partial charge in [0.25, 0.3) is 0 Å². The van der Waals surface area contributed by atoms with Crippen LogP contribution in [0.1, 0.15) is 0 Å². The van der Waals surface area contributed by atoms with Crippen molar-refractivity contribution in [1.29, 1.82) is 0 Å². The van der Waals surface area contributed by atoms with E-state index in [1.54, 1.807) is 28.9 Å². The molecular weight excluding hydrogens is 1740 g/mol. The third-order valence-corrected chi connectivity index (χ3v) is 26.2. The fraction of sp³-hybridized carbons (Fsp3) is 0. The van der Waals surface area contributed by atoms with E-state index in [2.05, 4.69) is 388 Å². The average Bonchev–Trinajstić information content (AvgIpc) is 1.59. The molecule has 0 bridgehead atoms. The lowest BCUT2D eigenvalue weighted by Gasteiger charge is -2.11. The first-order chi connectivity index (χ1) is 65.1. The van der Waals surface area contributed by atoms with E-state index in [0.29, 0.717) is 40.0 Å². The van der Waals surface area contributed by atoms with Crippen molar-refractivity contribution in [3.8, 4) is 168 Å². The second-order valence-electron chi connectivity index (χ2n) is 31.7. The molecular formula is C116H72BrClN12S2. The van der Waals surface area contributed by atoms with Gasteiger partial charge in [-0.2, -0.15) is 0 Å². The fourth-order valence-corrected chi connectivity index (χ4v) is 19.0. The Morgan fingerprint density at radius 1 is 0.182 bits per heavy atom. The Labute approximate surface area is 782 Å². The SMILES string of the molecule is Brc1cccc(-c2ccc(-c3ccc(-c4nc(-c5ccc(-c6ccccc6)cc5)nc(-c5ccc(-c6ccccc6)cc5)n4)cc3)cc2)c1.Clc1cccc2nc3c(nc12)sc1cccnc13.c1ccc(-c2ccc(-c3nc(-c4ccc(-c5ccccc5)cc4)nc(-c4ccc(-c5ccc(-c6cccc(-c7cccc8nc9c(nc78)sc7cccnc79)c6)cc5)cc4)n3)cc2)cc1. The molecule has 132 heavy (non-hydrogen) atoms. The lowest BCUT2D eigenvalue weighted by molar-refractivity contribution is 1.07. The molecule has 0 radical (unpaired) electrons. The van der Waals surface area contributed by atoms with Crippen molar-refractivity contribution in [3.05, 3.63) is 447 Å². The predicted molar refractivity (Wildman–Crippen MR) is 548 cm³/mol. The molecule has 8 heterocycles. The van der Waals surface area contributed by atoms with Gasteiger partial charge >= 0.3 is 0 Å². The van der Waals surface area contributed by atoms with Crippen molar-refractivity contribution in [1.82, 2.24) is 59.8 Å². The number of thiophene rings is 2. The number of halogens is 2. The second-order valence-corrected chi connectivity index (χ2v) is 35.1. The molecule has 0 saturated carbocycles. The van der Waals surface area contributed by atoms with E-state index < -0.39 is 0 Å². The first kappa shape index (κ1) is 81.5. The molecule has 24 aromatic rings. The molecule has 0 aliphatic heterocycles. The minimum atomic E-state index is 0.619. The number of pyridine rings is 2. The number of aromatic nitrogens is 12. The smallest absolute Gasteiger partial charge is 0.164 e. The molecule has 16 aromatic carbocycles. The summed E-state index contributed by atoms with van der Waals surface area (Å²) in [7, 11) is 0. The number of hydrogen-bond acceptors (Lipinski definition) is 14. The van der Waals surface area contributed by atoms with Crippen LogP contribution < -0.4 is 0 Å². The van der Waals surface area contributed by atoms with E-state index in [1.165, 1.54) is 33.4 Å². The number of para-hydroxylation sites is 2. The van der Waals surface area contributed by atoms with E-state index in [4.69, 9.17) is 51.5 Å². The fourth-order valence-electron chi connectivity index (χ4n) is 16.4. The number of hydrogen-bond donors (Lipinski definition) is 0. The van der Waals surface area contributed by atoms with Gasteiger partial charge < -0.3 is 0 Å². The number of benzene rings is 16. The topological polar surface area (TPSA) is 155 Å². The van der Waals surface area contributed by atoms with Crippen LogP contribution in [0, 0.1) is 0 Å². The van der Waals surface area contributed by atoms with Gasteiger partial charge in [-0.25, -0.2) is 49.8 Å². The predicted octanol–water partition coefficient (Wildman–Crippen LogP) is 31.3. The maximum atomic E-state index is 6.14. The molecule has 0 spiro atoms. The van der Waals surface area contributed by atoms with E-state index in [9.17, 15) is 0 Å². The first-order valence-corrected chi connectivity index (χ1v) is 45.9. The van der Waals surface area contributed by atoms with Crippen LogP contribution in [0.4, 0.5) is 0 Å². The van der Waals surface area contributed by atoms with Crippen molar-refractivity contribution < 1.29 is 0 Å². The molecule has 24 rings (SSSR count). The van der Waals surface area contributed by atoms with Crippen LogP contribution in [-0.2, 0) is 0 Å². The van der Waals surface area contributed by atoms with Gasteiger partial charge in [0, 0.05) is 55.8 Å². The van der Waals surface area contributed by atoms with Gasteiger partial charge in [-0.15, -0.1) is 22.7 Å². The first-order valence-electron chi connectivity index (χ1n) is 43.1. The molecule has 622 valence electrons. The molecule has 8 aromatic heterocycles. The Hall–Kier alpha value is -16.3. The van der Waals surface area contributed by atoms with E-state index in [0.717, 1.165) is 168 Å². The zero-order valence-electron chi connectivity index (χ0n) is 70.5. The third kappa shape index (κ3) is 17.2. The third-order valence-electron chi connectivity index (χ3n) is 23.3. The summed E-state index contributed by atoms with van der Waals surface area (Å²) in [5.74, 6) is 3.78. The van der Waals surface area contributed by atoms with Gasteiger partial charge in [0.05, 0.1) is 31.0 Å². The van der Waals surface area contributed by atoms with Crippen LogP contribution >= 0.6 is 50.2 Å². The molecule has 16 heteroatoms. The molecule has 0 atom stereocenters.